The molecular weight excluding hydrogens is 368 g/mol. The number of rotatable bonds is 8. The van der Waals surface area contributed by atoms with Crippen LogP contribution < -0.4 is 4.74 Å². The largest absolute Gasteiger partial charge is 0.469 e. The molecule has 1 amide bonds. The fourth-order valence-corrected chi connectivity index (χ4v) is 2.78. The average Bonchev–Trinajstić information content (AvgIpc) is 2.78. The van der Waals surface area contributed by atoms with Crippen molar-refractivity contribution in [2.45, 2.75) is 13.0 Å². The van der Waals surface area contributed by atoms with Gasteiger partial charge in [0.05, 0.1) is 19.7 Å². The van der Waals surface area contributed by atoms with E-state index in [2.05, 4.69) is 4.98 Å². The molecule has 3 aromatic rings. The first kappa shape index (κ1) is 20.1. The Bertz CT molecular complexity index is 928. The number of amides is 1. The van der Waals surface area contributed by atoms with Crippen LogP contribution in [0.25, 0.3) is 0 Å². The standard InChI is InChI=1S/C23H22N2O4/c1-28-22(26)13-15-25(17-18-6-3-2-4-7-18)23(27)19-9-11-20(12-10-19)29-21-8-5-14-24-16-21/h2-12,14,16H,13,15,17H2,1H3. The molecule has 0 fully saturated rings. The van der Waals surface area contributed by atoms with E-state index in [1.165, 1.54) is 7.11 Å². The van der Waals surface area contributed by atoms with Crippen LogP contribution in [-0.4, -0.2) is 35.4 Å². The Kier molecular flexibility index (Phi) is 6.95. The number of ether oxygens (including phenoxy) is 2. The van der Waals surface area contributed by atoms with Crippen LogP contribution in [0.1, 0.15) is 22.3 Å². The SMILES string of the molecule is COC(=O)CCN(Cc1ccccc1)C(=O)c1ccc(Oc2cccnc2)cc1. The van der Waals surface area contributed by atoms with Crippen molar-refractivity contribution >= 4 is 11.9 Å². The molecule has 0 saturated carbocycles. The summed E-state index contributed by atoms with van der Waals surface area (Å²) in [5.41, 5.74) is 1.51. The summed E-state index contributed by atoms with van der Waals surface area (Å²) in [6.45, 7) is 0.680. The molecule has 0 aliphatic heterocycles. The monoisotopic (exact) mass is 390 g/mol. The molecule has 0 unspecified atom stereocenters. The minimum atomic E-state index is -0.351. The minimum absolute atomic E-state index is 0.136. The first-order valence-electron chi connectivity index (χ1n) is 9.23. The molecule has 0 spiro atoms. The molecule has 3 rings (SSSR count). The summed E-state index contributed by atoms with van der Waals surface area (Å²) in [4.78, 5) is 30.3. The van der Waals surface area contributed by atoms with Crippen LogP contribution in [0.5, 0.6) is 11.5 Å². The lowest BCUT2D eigenvalue weighted by atomic mass is 10.1. The van der Waals surface area contributed by atoms with Crippen molar-refractivity contribution in [3.8, 4) is 11.5 Å². The number of hydrogen-bond acceptors (Lipinski definition) is 5. The molecule has 0 radical (unpaired) electrons. The Morgan fingerprint density at radius 3 is 2.34 bits per heavy atom. The van der Waals surface area contributed by atoms with Crippen molar-refractivity contribution in [1.29, 1.82) is 0 Å². The van der Waals surface area contributed by atoms with Gasteiger partial charge in [0.25, 0.3) is 5.91 Å². The van der Waals surface area contributed by atoms with Gasteiger partial charge in [-0.3, -0.25) is 14.6 Å². The van der Waals surface area contributed by atoms with Crippen molar-refractivity contribution < 1.29 is 19.1 Å². The highest BCUT2D eigenvalue weighted by atomic mass is 16.5. The second-order valence-electron chi connectivity index (χ2n) is 6.35. The highest BCUT2D eigenvalue weighted by molar-refractivity contribution is 5.94. The maximum Gasteiger partial charge on any atom is 0.307 e. The van der Waals surface area contributed by atoms with Gasteiger partial charge in [0.2, 0.25) is 0 Å². The summed E-state index contributed by atoms with van der Waals surface area (Å²) in [5.74, 6) is 0.718. The zero-order valence-electron chi connectivity index (χ0n) is 16.2. The summed E-state index contributed by atoms with van der Waals surface area (Å²) in [6.07, 6.45) is 3.43. The van der Waals surface area contributed by atoms with Gasteiger partial charge in [0.1, 0.15) is 11.5 Å². The van der Waals surface area contributed by atoms with E-state index in [-0.39, 0.29) is 24.8 Å². The zero-order chi connectivity index (χ0) is 20.5. The predicted octanol–water partition coefficient (Wildman–Crippen LogP) is 4.08. The molecule has 0 aliphatic carbocycles. The average molecular weight is 390 g/mol. The number of nitrogens with zero attached hydrogens (tertiary/aromatic N) is 2. The topological polar surface area (TPSA) is 68.7 Å². The fraction of sp³-hybridized carbons (Fsp3) is 0.174. The third-order valence-electron chi connectivity index (χ3n) is 4.29. The molecular formula is C23H22N2O4. The van der Waals surface area contributed by atoms with Crippen molar-refractivity contribution in [1.82, 2.24) is 9.88 Å². The van der Waals surface area contributed by atoms with E-state index >= 15 is 0 Å². The lowest BCUT2D eigenvalue weighted by Crippen LogP contribution is -2.32. The molecule has 6 nitrogen and oxygen atoms in total. The van der Waals surface area contributed by atoms with E-state index < -0.39 is 0 Å². The Labute approximate surface area is 169 Å². The van der Waals surface area contributed by atoms with E-state index in [0.29, 0.717) is 23.6 Å². The number of methoxy groups -OCH3 is 1. The molecule has 0 bridgehead atoms. The Balaban J connectivity index is 1.72. The smallest absolute Gasteiger partial charge is 0.307 e. The molecule has 0 N–H and O–H groups in total. The number of pyridine rings is 1. The number of carbonyl (C=O) groups excluding carboxylic acids is 2. The van der Waals surface area contributed by atoms with E-state index in [1.807, 2.05) is 30.3 Å². The lowest BCUT2D eigenvalue weighted by molar-refractivity contribution is -0.140. The highest BCUT2D eigenvalue weighted by Gasteiger charge is 2.18. The highest BCUT2D eigenvalue weighted by Crippen LogP contribution is 2.21. The first-order chi connectivity index (χ1) is 14.2. The Morgan fingerprint density at radius 2 is 1.69 bits per heavy atom. The fourth-order valence-electron chi connectivity index (χ4n) is 2.78. The van der Waals surface area contributed by atoms with Gasteiger partial charge in [0.15, 0.2) is 0 Å². The maximum absolute atomic E-state index is 13.0. The van der Waals surface area contributed by atoms with Crippen molar-refractivity contribution in [2.24, 2.45) is 0 Å². The normalized spacial score (nSPS) is 10.2. The summed E-state index contributed by atoms with van der Waals surface area (Å²) in [7, 11) is 1.34. The summed E-state index contributed by atoms with van der Waals surface area (Å²) >= 11 is 0. The van der Waals surface area contributed by atoms with Gasteiger partial charge in [-0.2, -0.15) is 0 Å². The van der Waals surface area contributed by atoms with Gasteiger partial charge in [-0.1, -0.05) is 30.3 Å². The Morgan fingerprint density at radius 1 is 0.931 bits per heavy atom. The van der Waals surface area contributed by atoms with Crippen LogP contribution in [0.3, 0.4) is 0 Å². The van der Waals surface area contributed by atoms with Gasteiger partial charge in [-0.25, -0.2) is 0 Å². The quantitative estimate of drug-likeness (QED) is 0.542. The van der Waals surface area contributed by atoms with Crippen molar-refractivity contribution in [3.63, 3.8) is 0 Å². The van der Waals surface area contributed by atoms with Crippen LogP contribution in [-0.2, 0) is 16.1 Å². The van der Waals surface area contributed by atoms with Crippen LogP contribution in [0, 0.1) is 0 Å². The molecule has 1 heterocycles. The second-order valence-corrected chi connectivity index (χ2v) is 6.35. The molecule has 0 saturated heterocycles. The number of hydrogen-bond donors (Lipinski definition) is 0. The maximum atomic E-state index is 13.0. The van der Waals surface area contributed by atoms with Gasteiger partial charge in [-0.05, 0) is 42.0 Å². The number of esters is 1. The van der Waals surface area contributed by atoms with E-state index in [4.69, 9.17) is 9.47 Å². The van der Waals surface area contributed by atoms with Crippen LogP contribution in [0.4, 0.5) is 0 Å². The molecule has 6 heteroatoms. The van der Waals surface area contributed by atoms with Crippen LogP contribution >= 0.6 is 0 Å². The van der Waals surface area contributed by atoms with Crippen molar-refractivity contribution in [3.05, 3.63) is 90.3 Å². The number of aromatic nitrogens is 1. The predicted molar refractivity (Wildman–Crippen MR) is 109 cm³/mol. The molecule has 0 atom stereocenters. The zero-order valence-corrected chi connectivity index (χ0v) is 16.2. The Hall–Kier alpha value is -3.67. The molecule has 148 valence electrons. The van der Waals surface area contributed by atoms with Crippen molar-refractivity contribution in [2.75, 3.05) is 13.7 Å². The van der Waals surface area contributed by atoms with Crippen LogP contribution in [0.15, 0.2) is 79.1 Å². The van der Waals surface area contributed by atoms with Crippen LogP contribution in [0.2, 0.25) is 0 Å². The first-order valence-corrected chi connectivity index (χ1v) is 9.23. The summed E-state index contributed by atoms with van der Waals surface area (Å²) < 4.78 is 10.4. The number of carbonyl (C=O) groups is 2. The van der Waals surface area contributed by atoms with E-state index in [0.717, 1.165) is 5.56 Å². The molecule has 29 heavy (non-hydrogen) atoms. The second kappa shape index (κ2) is 10.0. The lowest BCUT2D eigenvalue weighted by Gasteiger charge is -2.22. The minimum Gasteiger partial charge on any atom is -0.469 e. The third-order valence-corrected chi connectivity index (χ3v) is 4.29. The van der Waals surface area contributed by atoms with Gasteiger partial charge in [0, 0.05) is 24.8 Å². The van der Waals surface area contributed by atoms with E-state index in [1.54, 1.807) is 53.7 Å². The summed E-state index contributed by atoms with van der Waals surface area (Å²) in [6, 6.07) is 20.1. The summed E-state index contributed by atoms with van der Waals surface area (Å²) in [5, 5.41) is 0. The van der Waals surface area contributed by atoms with Gasteiger partial charge < -0.3 is 14.4 Å². The molecule has 1 aromatic heterocycles. The van der Waals surface area contributed by atoms with Gasteiger partial charge >= 0.3 is 5.97 Å². The molecule has 0 aliphatic rings. The molecule has 2 aromatic carbocycles. The third kappa shape index (κ3) is 5.90. The van der Waals surface area contributed by atoms with E-state index in [9.17, 15) is 9.59 Å². The van der Waals surface area contributed by atoms with Gasteiger partial charge in [-0.15, -0.1) is 0 Å². The number of benzene rings is 2.